The maximum atomic E-state index is 11.1. The van der Waals surface area contributed by atoms with Crippen LogP contribution >= 0.6 is 0 Å². The second-order valence-corrected chi connectivity index (χ2v) is 3.91. The molecule has 2 N–H and O–H groups in total. The molecule has 0 spiro atoms. The van der Waals surface area contributed by atoms with E-state index in [0.717, 1.165) is 4.31 Å². The molecule has 1 amide bonds. The lowest BCUT2D eigenvalue weighted by Crippen LogP contribution is -2.42. The maximum Gasteiger partial charge on any atom is 0.421 e. The van der Waals surface area contributed by atoms with Crippen molar-refractivity contribution in [2.75, 3.05) is 26.3 Å². The molecule has 1 fully saturated rings. The van der Waals surface area contributed by atoms with E-state index >= 15 is 0 Å². The second-order valence-electron chi connectivity index (χ2n) is 2.37. The number of nitrogens with two attached hydrogens (primary N) is 1. The molecule has 1 aliphatic heterocycles. The fourth-order valence-corrected chi connectivity index (χ4v) is 1.84. The summed E-state index contributed by atoms with van der Waals surface area (Å²) in [6, 6.07) is 0. The van der Waals surface area contributed by atoms with Crippen LogP contribution < -0.4 is 5.73 Å². The lowest BCUT2D eigenvalue weighted by molar-refractivity contribution is 0.0685. The van der Waals surface area contributed by atoms with Crippen molar-refractivity contribution in [3.8, 4) is 0 Å². The van der Waals surface area contributed by atoms with E-state index < -0.39 is 16.4 Å². The molecule has 1 rings (SSSR count). The molecule has 76 valence electrons. The number of morpholine rings is 1. The van der Waals surface area contributed by atoms with Gasteiger partial charge in [0.05, 0.1) is 13.2 Å². The highest BCUT2D eigenvalue weighted by Crippen LogP contribution is 2.06. The third-order valence-electron chi connectivity index (χ3n) is 1.47. The minimum Gasteiger partial charge on any atom is -0.379 e. The van der Waals surface area contributed by atoms with Crippen LogP contribution in [0.25, 0.3) is 0 Å². The molecule has 0 saturated carbocycles. The van der Waals surface area contributed by atoms with Gasteiger partial charge in [0.1, 0.15) is 0 Å². The van der Waals surface area contributed by atoms with Crippen LogP contribution in [0, 0.1) is 0 Å². The van der Waals surface area contributed by atoms with Crippen LogP contribution in [0.3, 0.4) is 0 Å². The van der Waals surface area contributed by atoms with Gasteiger partial charge in [-0.05, 0) is 0 Å². The first-order valence-corrected chi connectivity index (χ1v) is 4.95. The van der Waals surface area contributed by atoms with Gasteiger partial charge in [-0.3, -0.25) is 0 Å². The summed E-state index contributed by atoms with van der Waals surface area (Å²) in [7, 11) is -4.00. The number of rotatable bonds is 2. The second kappa shape index (κ2) is 3.90. The first-order chi connectivity index (χ1) is 6.02. The Kier molecular flexibility index (Phi) is 3.07. The topological polar surface area (TPSA) is 98.9 Å². The zero-order valence-electron chi connectivity index (χ0n) is 6.80. The zero-order valence-corrected chi connectivity index (χ0v) is 7.62. The Balaban J connectivity index is 2.62. The first-order valence-electron chi connectivity index (χ1n) is 3.59. The van der Waals surface area contributed by atoms with Gasteiger partial charge in [-0.25, -0.2) is 4.79 Å². The number of amides is 1. The summed E-state index contributed by atoms with van der Waals surface area (Å²) in [5.74, 6) is 0. The molecule has 0 aliphatic carbocycles. The first kappa shape index (κ1) is 10.2. The third-order valence-corrected chi connectivity index (χ3v) is 2.85. The molecule has 1 heterocycles. The maximum absolute atomic E-state index is 11.1. The Bertz CT molecular complexity index is 281. The zero-order chi connectivity index (χ0) is 9.90. The Morgan fingerprint density at radius 1 is 1.38 bits per heavy atom. The lowest BCUT2D eigenvalue weighted by atomic mass is 10.5. The van der Waals surface area contributed by atoms with Gasteiger partial charge in [0.15, 0.2) is 0 Å². The van der Waals surface area contributed by atoms with Gasteiger partial charge in [0, 0.05) is 13.1 Å². The van der Waals surface area contributed by atoms with E-state index in [2.05, 4.69) is 9.92 Å². The van der Waals surface area contributed by atoms with Crippen LogP contribution in [0.2, 0.25) is 0 Å². The van der Waals surface area contributed by atoms with Crippen LogP contribution in [0.15, 0.2) is 0 Å². The minimum absolute atomic E-state index is 0.176. The Morgan fingerprint density at radius 2 is 1.92 bits per heavy atom. The van der Waals surface area contributed by atoms with Crippen molar-refractivity contribution in [1.29, 1.82) is 0 Å². The molecule has 0 atom stereocenters. The van der Waals surface area contributed by atoms with Crippen molar-refractivity contribution in [3.05, 3.63) is 0 Å². The summed E-state index contributed by atoms with van der Waals surface area (Å²) in [6.45, 7) is 0.938. The standard InChI is InChI=1S/C5H10N2O5S/c6-5(8)12-13(9,10)7-1-3-11-4-2-7/h1-4H2,(H2,6,8). The van der Waals surface area contributed by atoms with Crippen molar-refractivity contribution < 1.29 is 22.1 Å². The van der Waals surface area contributed by atoms with Crippen molar-refractivity contribution in [2.24, 2.45) is 5.73 Å². The summed E-state index contributed by atoms with van der Waals surface area (Å²) < 4.78 is 32.2. The van der Waals surface area contributed by atoms with Gasteiger partial charge < -0.3 is 14.7 Å². The predicted octanol–water partition coefficient (Wildman–Crippen LogP) is -1.34. The highest BCUT2D eigenvalue weighted by molar-refractivity contribution is 7.84. The van der Waals surface area contributed by atoms with Crippen molar-refractivity contribution >= 4 is 16.4 Å². The minimum atomic E-state index is -4.00. The van der Waals surface area contributed by atoms with Crippen molar-refractivity contribution in [3.63, 3.8) is 0 Å². The summed E-state index contributed by atoms with van der Waals surface area (Å²) in [5, 5.41) is 0. The molecule has 0 bridgehead atoms. The summed E-state index contributed by atoms with van der Waals surface area (Å²) in [5.41, 5.74) is 4.59. The fraction of sp³-hybridized carbons (Fsp3) is 0.800. The summed E-state index contributed by atoms with van der Waals surface area (Å²) in [4.78, 5) is 10.2. The number of carbonyl (C=O) groups is 1. The van der Waals surface area contributed by atoms with Crippen LogP contribution in [0.1, 0.15) is 0 Å². The summed E-state index contributed by atoms with van der Waals surface area (Å²) in [6.07, 6.45) is -1.33. The Morgan fingerprint density at radius 3 is 2.38 bits per heavy atom. The number of hydrogen-bond donors (Lipinski definition) is 1. The van der Waals surface area contributed by atoms with E-state index in [0.29, 0.717) is 13.2 Å². The molecule has 0 aromatic heterocycles. The Hall–Kier alpha value is -0.860. The van der Waals surface area contributed by atoms with Gasteiger partial charge in [-0.2, -0.15) is 12.7 Å². The van der Waals surface area contributed by atoms with Gasteiger partial charge >= 0.3 is 16.4 Å². The molecule has 13 heavy (non-hydrogen) atoms. The monoisotopic (exact) mass is 210 g/mol. The average Bonchev–Trinajstić information content (AvgIpc) is 2.04. The smallest absolute Gasteiger partial charge is 0.379 e. The molecule has 7 nitrogen and oxygen atoms in total. The number of hydrogen-bond acceptors (Lipinski definition) is 5. The molecule has 8 heteroatoms. The van der Waals surface area contributed by atoms with E-state index in [9.17, 15) is 13.2 Å². The largest absolute Gasteiger partial charge is 0.421 e. The predicted molar refractivity (Wildman–Crippen MR) is 42.0 cm³/mol. The molecule has 1 aliphatic rings. The highest BCUT2D eigenvalue weighted by Gasteiger charge is 2.27. The van der Waals surface area contributed by atoms with Crippen molar-refractivity contribution in [2.45, 2.75) is 0 Å². The van der Waals surface area contributed by atoms with Crippen LogP contribution in [0.5, 0.6) is 0 Å². The molecular formula is C5H10N2O5S. The van der Waals surface area contributed by atoms with Gasteiger partial charge in [-0.1, -0.05) is 0 Å². The number of primary amides is 1. The number of carbonyl (C=O) groups excluding carboxylic acids is 1. The van der Waals surface area contributed by atoms with Gasteiger partial charge in [0.25, 0.3) is 0 Å². The molecule has 0 radical (unpaired) electrons. The average molecular weight is 210 g/mol. The number of nitrogens with zero attached hydrogens (tertiary/aromatic N) is 1. The number of ether oxygens (including phenoxy) is 1. The third kappa shape index (κ3) is 2.83. The Labute approximate surface area is 75.7 Å². The van der Waals surface area contributed by atoms with Gasteiger partial charge in [-0.15, -0.1) is 0 Å². The summed E-state index contributed by atoms with van der Waals surface area (Å²) >= 11 is 0. The van der Waals surface area contributed by atoms with Gasteiger partial charge in [0.2, 0.25) is 0 Å². The fourth-order valence-electron chi connectivity index (χ4n) is 0.927. The van der Waals surface area contributed by atoms with Crippen LogP contribution in [0.4, 0.5) is 4.79 Å². The molecule has 0 aromatic rings. The normalized spacial score (nSPS) is 19.7. The SMILES string of the molecule is NC(=O)OS(=O)(=O)N1CCOCC1. The lowest BCUT2D eigenvalue weighted by Gasteiger charge is -2.24. The van der Waals surface area contributed by atoms with Crippen LogP contribution in [-0.4, -0.2) is 45.1 Å². The van der Waals surface area contributed by atoms with E-state index in [1.165, 1.54) is 0 Å². The molecule has 1 saturated heterocycles. The van der Waals surface area contributed by atoms with Crippen LogP contribution in [-0.2, 0) is 19.2 Å². The van der Waals surface area contributed by atoms with E-state index in [4.69, 9.17) is 4.74 Å². The van der Waals surface area contributed by atoms with E-state index in [1.807, 2.05) is 0 Å². The molecule has 0 aromatic carbocycles. The molecular weight excluding hydrogens is 200 g/mol. The highest BCUT2D eigenvalue weighted by atomic mass is 32.2. The van der Waals surface area contributed by atoms with E-state index in [1.54, 1.807) is 0 Å². The quantitative estimate of drug-likeness (QED) is 0.608. The molecule has 0 unspecified atom stereocenters. The van der Waals surface area contributed by atoms with E-state index in [-0.39, 0.29) is 13.1 Å². The van der Waals surface area contributed by atoms with Crippen molar-refractivity contribution in [1.82, 2.24) is 4.31 Å².